The van der Waals surface area contributed by atoms with Crippen LogP contribution in [0.3, 0.4) is 0 Å². The molecule has 1 aliphatic heterocycles. The van der Waals surface area contributed by atoms with Crippen molar-refractivity contribution >= 4 is 22.5 Å². The lowest BCUT2D eigenvalue weighted by Gasteiger charge is -2.10. The summed E-state index contributed by atoms with van der Waals surface area (Å²) in [6, 6.07) is 8.78. The number of anilines is 1. The molecule has 7 nitrogen and oxygen atoms in total. The Morgan fingerprint density at radius 2 is 1.96 bits per heavy atom. The van der Waals surface area contributed by atoms with Crippen LogP contribution in [0.2, 0.25) is 0 Å². The van der Waals surface area contributed by atoms with E-state index < -0.39 is 0 Å². The van der Waals surface area contributed by atoms with Crippen LogP contribution in [0.15, 0.2) is 30.3 Å². The van der Waals surface area contributed by atoms with Gasteiger partial charge in [-0.05, 0) is 48.1 Å². The maximum Gasteiger partial charge on any atom is 0.240 e. The van der Waals surface area contributed by atoms with Gasteiger partial charge in [0.15, 0.2) is 17.1 Å². The molecule has 2 N–H and O–H groups in total. The maximum absolute atomic E-state index is 14.3. The number of benzene rings is 2. The fourth-order valence-electron chi connectivity index (χ4n) is 3.87. The highest BCUT2D eigenvalue weighted by Crippen LogP contribution is 2.44. The average molecular weight is 377 g/mol. The maximum atomic E-state index is 14.3. The minimum Gasteiger partial charge on any atom is -0.454 e. The number of ether oxygens (including phenoxy) is 2. The van der Waals surface area contributed by atoms with Crippen LogP contribution in [-0.2, 0) is 6.42 Å². The zero-order valence-electron chi connectivity index (χ0n) is 14.9. The number of hydrogen-bond donors (Lipinski definition) is 1. The van der Waals surface area contributed by atoms with E-state index in [0.717, 1.165) is 35.1 Å². The first-order valence-electron chi connectivity index (χ1n) is 9.18. The summed E-state index contributed by atoms with van der Waals surface area (Å²) in [6.45, 7) is 0.222. The van der Waals surface area contributed by atoms with Gasteiger partial charge in [-0.25, -0.2) is 9.37 Å². The van der Waals surface area contributed by atoms with Crippen molar-refractivity contribution in [2.75, 3.05) is 12.5 Å². The minimum atomic E-state index is -0.284. The summed E-state index contributed by atoms with van der Waals surface area (Å²) in [6.07, 6.45) is 2.57. The second-order valence-corrected chi connectivity index (χ2v) is 7.26. The summed E-state index contributed by atoms with van der Waals surface area (Å²) in [4.78, 5) is 9.15. The Bertz CT molecular complexity index is 1260. The predicted molar refractivity (Wildman–Crippen MR) is 100 cm³/mol. The molecule has 1 aliphatic carbocycles. The molecule has 0 amide bonds. The first-order valence-corrected chi connectivity index (χ1v) is 9.18. The van der Waals surface area contributed by atoms with Gasteiger partial charge in [-0.2, -0.15) is 9.50 Å². The molecule has 2 aliphatic rings. The number of nitrogens with zero attached hydrogens (tertiary/aromatic N) is 4. The lowest BCUT2D eigenvalue weighted by Crippen LogP contribution is -2.06. The van der Waals surface area contributed by atoms with Crippen LogP contribution >= 0.6 is 0 Å². The Hall–Kier alpha value is -3.42. The zero-order chi connectivity index (χ0) is 18.8. The molecule has 4 aromatic rings. The Labute approximate surface area is 158 Å². The van der Waals surface area contributed by atoms with Gasteiger partial charge in [0, 0.05) is 17.9 Å². The summed E-state index contributed by atoms with van der Waals surface area (Å²) in [5.74, 6) is 2.30. The Kier molecular flexibility index (Phi) is 3.09. The number of halogens is 1. The zero-order valence-corrected chi connectivity index (χ0v) is 14.9. The first-order chi connectivity index (χ1) is 13.7. The number of rotatable bonds is 3. The number of fused-ring (bicyclic) bond motifs is 4. The summed E-state index contributed by atoms with van der Waals surface area (Å²) in [7, 11) is 0. The molecular formula is C20H16FN5O2. The van der Waals surface area contributed by atoms with Crippen LogP contribution in [0, 0.1) is 5.82 Å². The van der Waals surface area contributed by atoms with Gasteiger partial charge < -0.3 is 15.2 Å². The van der Waals surface area contributed by atoms with E-state index in [1.807, 2.05) is 18.2 Å². The van der Waals surface area contributed by atoms with Crippen molar-refractivity contribution in [3.8, 4) is 11.5 Å². The van der Waals surface area contributed by atoms with Gasteiger partial charge in [-0.3, -0.25) is 0 Å². The SMILES string of the molecule is Nc1nc2c3c(C4CC4)cc(F)cc3nc(Cc3ccc4c(c3)OCO4)n2n1. The molecule has 1 fully saturated rings. The van der Waals surface area contributed by atoms with Crippen molar-refractivity contribution in [1.82, 2.24) is 19.6 Å². The van der Waals surface area contributed by atoms with Crippen LogP contribution in [0.4, 0.5) is 10.3 Å². The van der Waals surface area contributed by atoms with Gasteiger partial charge in [-0.1, -0.05) is 6.07 Å². The summed E-state index contributed by atoms with van der Waals surface area (Å²) in [5.41, 5.74) is 9.03. The molecule has 0 spiro atoms. The highest BCUT2D eigenvalue weighted by molar-refractivity contribution is 5.95. The molecule has 3 heterocycles. The van der Waals surface area contributed by atoms with Crippen molar-refractivity contribution in [3.63, 3.8) is 0 Å². The topological polar surface area (TPSA) is 87.6 Å². The molecule has 0 radical (unpaired) electrons. The molecule has 1 saturated carbocycles. The largest absolute Gasteiger partial charge is 0.454 e. The molecule has 0 atom stereocenters. The van der Waals surface area contributed by atoms with Gasteiger partial charge in [0.05, 0.1) is 5.52 Å². The highest BCUT2D eigenvalue weighted by atomic mass is 19.1. The summed E-state index contributed by atoms with van der Waals surface area (Å²) < 4.78 is 26.8. The van der Waals surface area contributed by atoms with E-state index in [4.69, 9.17) is 20.2 Å². The molecule has 0 bridgehead atoms. The standard InChI is InChI=1S/C20H16FN5O2/c21-12-7-13(11-2-3-11)18-14(8-12)23-17(26-19(18)24-20(22)25-26)6-10-1-4-15-16(5-10)28-9-27-15/h1,4-5,7-8,11H,2-3,6,9H2,(H2,22,25). The van der Waals surface area contributed by atoms with Gasteiger partial charge in [-0.15, -0.1) is 5.10 Å². The van der Waals surface area contributed by atoms with Gasteiger partial charge in [0.1, 0.15) is 11.6 Å². The third-order valence-electron chi connectivity index (χ3n) is 5.27. The summed E-state index contributed by atoms with van der Waals surface area (Å²) >= 11 is 0. The molecule has 2 aromatic heterocycles. The summed E-state index contributed by atoms with van der Waals surface area (Å²) in [5, 5.41) is 5.18. The van der Waals surface area contributed by atoms with E-state index in [1.54, 1.807) is 10.6 Å². The normalized spacial score (nSPS) is 15.6. The van der Waals surface area contributed by atoms with Crippen LogP contribution in [0.1, 0.15) is 35.7 Å². The van der Waals surface area contributed by atoms with Crippen LogP contribution in [0.25, 0.3) is 16.6 Å². The fourth-order valence-corrected chi connectivity index (χ4v) is 3.87. The van der Waals surface area contributed by atoms with Crippen molar-refractivity contribution in [1.29, 1.82) is 0 Å². The van der Waals surface area contributed by atoms with Crippen molar-refractivity contribution < 1.29 is 13.9 Å². The average Bonchev–Trinajstić information content (AvgIpc) is 3.28. The van der Waals surface area contributed by atoms with Crippen LogP contribution in [-0.4, -0.2) is 26.4 Å². The fraction of sp³-hybridized carbons (Fsp3) is 0.250. The molecule has 8 heteroatoms. The van der Waals surface area contributed by atoms with Gasteiger partial charge in [0.2, 0.25) is 12.7 Å². The molecule has 2 aromatic carbocycles. The molecule has 0 saturated heterocycles. The van der Waals surface area contributed by atoms with E-state index in [0.29, 0.717) is 35.1 Å². The third kappa shape index (κ3) is 2.37. The number of hydrogen-bond acceptors (Lipinski definition) is 6. The van der Waals surface area contributed by atoms with E-state index in [-0.39, 0.29) is 18.6 Å². The number of nitrogen functional groups attached to an aromatic ring is 1. The number of aromatic nitrogens is 4. The lowest BCUT2D eigenvalue weighted by molar-refractivity contribution is 0.174. The highest BCUT2D eigenvalue weighted by Gasteiger charge is 2.28. The smallest absolute Gasteiger partial charge is 0.240 e. The van der Waals surface area contributed by atoms with Gasteiger partial charge >= 0.3 is 0 Å². The van der Waals surface area contributed by atoms with E-state index in [1.165, 1.54) is 6.07 Å². The monoisotopic (exact) mass is 377 g/mol. The predicted octanol–water partition coefficient (Wildman–Crippen LogP) is 3.20. The van der Waals surface area contributed by atoms with Crippen LogP contribution < -0.4 is 15.2 Å². The molecule has 6 rings (SSSR count). The van der Waals surface area contributed by atoms with E-state index in [9.17, 15) is 4.39 Å². The second kappa shape index (κ2) is 5.54. The quantitative estimate of drug-likeness (QED) is 0.590. The van der Waals surface area contributed by atoms with E-state index >= 15 is 0 Å². The van der Waals surface area contributed by atoms with Crippen molar-refractivity contribution in [2.45, 2.75) is 25.2 Å². The number of nitrogens with two attached hydrogens (primary N) is 1. The first kappa shape index (κ1) is 15.6. The third-order valence-corrected chi connectivity index (χ3v) is 5.27. The Balaban J connectivity index is 1.56. The van der Waals surface area contributed by atoms with Crippen molar-refractivity contribution in [2.24, 2.45) is 0 Å². The molecule has 140 valence electrons. The Morgan fingerprint density at radius 3 is 2.82 bits per heavy atom. The van der Waals surface area contributed by atoms with Gasteiger partial charge in [0.25, 0.3) is 0 Å². The lowest BCUT2D eigenvalue weighted by atomic mass is 10.0. The second-order valence-electron chi connectivity index (χ2n) is 7.26. The van der Waals surface area contributed by atoms with Crippen LogP contribution in [0.5, 0.6) is 11.5 Å². The molecule has 28 heavy (non-hydrogen) atoms. The van der Waals surface area contributed by atoms with E-state index in [2.05, 4.69) is 10.1 Å². The Morgan fingerprint density at radius 1 is 1.11 bits per heavy atom. The molecule has 0 unspecified atom stereocenters. The van der Waals surface area contributed by atoms with Crippen molar-refractivity contribution in [3.05, 3.63) is 53.1 Å². The minimum absolute atomic E-state index is 0.173. The molecular weight excluding hydrogens is 361 g/mol.